The second-order valence-electron chi connectivity index (χ2n) is 3.17. The van der Waals surface area contributed by atoms with Crippen molar-refractivity contribution in [2.45, 2.75) is 6.92 Å². The van der Waals surface area contributed by atoms with Crippen molar-refractivity contribution in [3.8, 4) is 11.6 Å². The highest BCUT2D eigenvalue weighted by Crippen LogP contribution is 2.21. The lowest BCUT2D eigenvalue weighted by Crippen LogP contribution is -1.95. The quantitative estimate of drug-likeness (QED) is 0.750. The van der Waals surface area contributed by atoms with E-state index < -0.39 is 0 Å². The topological polar surface area (TPSA) is 44.2 Å². The van der Waals surface area contributed by atoms with Crippen molar-refractivity contribution in [3.63, 3.8) is 0 Å². The van der Waals surface area contributed by atoms with Crippen LogP contribution >= 0.6 is 0 Å². The van der Waals surface area contributed by atoms with Gasteiger partial charge in [-0.1, -0.05) is 0 Å². The fourth-order valence-corrected chi connectivity index (χ4v) is 1.43. The van der Waals surface area contributed by atoms with Crippen molar-refractivity contribution in [1.82, 2.24) is 9.97 Å². The number of ether oxygens (including phenoxy) is 2. The molecule has 0 fully saturated rings. The van der Waals surface area contributed by atoms with Gasteiger partial charge in [-0.05, 0) is 19.1 Å². The number of rotatable bonds is 2. The maximum atomic E-state index is 5.12. The minimum atomic E-state index is 0.552. The Morgan fingerprint density at radius 2 is 1.80 bits per heavy atom. The molecule has 0 aliphatic heterocycles. The molecule has 0 radical (unpaired) electrons. The monoisotopic (exact) mass is 204 g/mol. The zero-order chi connectivity index (χ0) is 10.8. The van der Waals surface area contributed by atoms with Crippen LogP contribution < -0.4 is 9.47 Å². The molecule has 2 rings (SSSR count). The summed E-state index contributed by atoms with van der Waals surface area (Å²) in [5.41, 5.74) is 2.40. The van der Waals surface area contributed by atoms with E-state index in [9.17, 15) is 0 Å². The molecular formula is C11H12N2O2. The highest BCUT2D eigenvalue weighted by Gasteiger charge is 2.05. The van der Waals surface area contributed by atoms with Crippen molar-refractivity contribution >= 4 is 11.0 Å². The van der Waals surface area contributed by atoms with Gasteiger partial charge in [-0.25, -0.2) is 9.97 Å². The fraction of sp³-hybridized carbons (Fsp3) is 0.273. The summed E-state index contributed by atoms with van der Waals surface area (Å²) in [6.07, 6.45) is 0. The van der Waals surface area contributed by atoms with E-state index >= 15 is 0 Å². The SMILES string of the molecule is COc1ccc2nc(C)c(OC)nc2c1. The van der Waals surface area contributed by atoms with Gasteiger partial charge in [0.15, 0.2) is 0 Å². The summed E-state index contributed by atoms with van der Waals surface area (Å²) in [7, 11) is 3.21. The molecule has 0 unspecified atom stereocenters. The van der Waals surface area contributed by atoms with Gasteiger partial charge >= 0.3 is 0 Å². The van der Waals surface area contributed by atoms with Crippen LogP contribution in [-0.4, -0.2) is 24.2 Å². The van der Waals surface area contributed by atoms with Crippen molar-refractivity contribution in [2.24, 2.45) is 0 Å². The van der Waals surface area contributed by atoms with Crippen LogP contribution in [0.3, 0.4) is 0 Å². The van der Waals surface area contributed by atoms with Crippen LogP contribution in [0.2, 0.25) is 0 Å². The minimum Gasteiger partial charge on any atom is -0.497 e. The Kier molecular flexibility index (Phi) is 2.41. The first-order valence-electron chi connectivity index (χ1n) is 4.61. The van der Waals surface area contributed by atoms with E-state index in [0.29, 0.717) is 5.88 Å². The molecule has 1 aromatic carbocycles. The molecule has 0 aliphatic carbocycles. The molecular weight excluding hydrogens is 192 g/mol. The molecule has 0 spiro atoms. The molecule has 2 aromatic rings. The summed E-state index contributed by atoms with van der Waals surface area (Å²) in [4.78, 5) is 8.72. The summed E-state index contributed by atoms with van der Waals surface area (Å²) in [6, 6.07) is 5.58. The fourth-order valence-electron chi connectivity index (χ4n) is 1.43. The number of hydrogen-bond acceptors (Lipinski definition) is 4. The van der Waals surface area contributed by atoms with Gasteiger partial charge in [0.2, 0.25) is 5.88 Å². The number of benzene rings is 1. The molecule has 0 amide bonds. The van der Waals surface area contributed by atoms with Gasteiger partial charge < -0.3 is 9.47 Å². The summed E-state index contributed by atoms with van der Waals surface area (Å²) in [5.74, 6) is 1.32. The number of aromatic nitrogens is 2. The molecule has 4 heteroatoms. The van der Waals surface area contributed by atoms with E-state index in [1.54, 1.807) is 14.2 Å². The first-order valence-corrected chi connectivity index (χ1v) is 4.61. The third kappa shape index (κ3) is 1.70. The number of fused-ring (bicyclic) bond motifs is 1. The second kappa shape index (κ2) is 3.73. The Bertz CT molecular complexity index is 497. The van der Waals surface area contributed by atoms with E-state index in [1.165, 1.54) is 0 Å². The molecule has 78 valence electrons. The number of hydrogen-bond donors (Lipinski definition) is 0. The normalized spacial score (nSPS) is 10.3. The minimum absolute atomic E-state index is 0.552. The van der Waals surface area contributed by atoms with Crippen LogP contribution in [0.25, 0.3) is 11.0 Å². The molecule has 0 N–H and O–H groups in total. The average Bonchev–Trinajstić information content (AvgIpc) is 2.27. The average molecular weight is 204 g/mol. The van der Waals surface area contributed by atoms with Crippen LogP contribution in [0.1, 0.15) is 5.69 Å². The van der Waals surface area contributed by atoms with Crippen LogP contribution in [0, 0.1) is 6.92 Å². The highest BCUT2D eigenvalue weighted by molar-refractivity contribution is 5.76. The zero-order valence-electron chi connectivity index (χ0n) is 8.94. The van der Waals surface area contributed by atoms with Gasteiger partial charge in [0.25, 0.3) is 0 Å². The lowest BCUT2D eigenvalue weighted by molar-refractivity contribution is 0.393. The first kappa shape index (κ1) is 9.71. The largest absolute Gasteiger partial charge is 0.497 e. The Hall–Kier alpha value is -1.84. The van der Waals surface area contributed by atoms with Crippen molar-refractivity contribution in [2.75, 3.05) is 14.2 Å². The molecule has 4 nitrogen and oxygen atoms in total. The van der Waals surface area contributed by atoms with Crippen LogP contribution in [-0.2, 0) is 0 Å². The van der Waals surface area contributed by atoms with E-state index in [1.807, 2.05) is 25.1 Å². The number of aryl methyl sites for hydroxylation is 1. The maximum absolute atomic E-state index is 5.12. The Balaban J connectivity index is 2.66. The van der Waals surface area contributed by atoms with Gasteiger partial charge in [0.05, 0.1) is 25.3 Å². The summed E-state index contributed by atoms with van der Waals surface area (Å²) in [5, 5.41) is 0. The standard InChI is InChI=1S/C11H12N2O2/c1-7-11(15-3)13-10-6-8(14-2)4-5-9(10)12-7/h4-6H,1-3H3. The smallest absolute Gasteiger partial charge is 0.235 e. The molecule has 0 atom stereocenters. The first-order chi connectivity index (χ1) is 7.24. The Labute approximate surface area is 87.9 Å². The molecule has 15 heavy (non-hydrogen) atoms. The Morgan fingerprint density at radius 1 is 1.00 bits per heavy atom. The summed E-state index contributed by atoms with van der Waals surface area (Å²) in [6.45, 7) is 1.87. The van der Waals surface area contributed by atoms with Crippen molar-refractivity contribution in [1.29, 1.82) is 0 Å². The van der Waals surface area contributed by atoms with E-state index in [-0.39, 0.29) is 0 Å². The molecule has 0 saturated carbocycles. The lowest BCUT2D eigenvalue weighted by Gasteiger charge is -2.05. The van der Waals surface area contributed by atoms with Crippen molar-refractivity contribution < 1.29 is 9.47 Å². The van der Waals surface area contributed by atoms with Crippen LogP contribution in [0.15, 0.2) is 18.2 Å². The van der Waals surface area contributed by atoms with E-state index in [0.717, 1.165) is 22.5 Å². The van der Waals surface area contributed by atoms with Crippen LogP contribution in [0.5, 0.6) is 11.6 Å². The molecule has 0 saturated heterocycles. The predicted molar refractivity (Wildman–Crippen MR) is 57.4 cm³/mol. The van der Waals surface area contributed by atoms with E-state index in [2.05, 4.69) is 9.97 Å². The van der Waals surface area contributed by atoms with Crippen LogP contribution in [0.4, 0.5) is 0 Å². The summed E-state index contributed by atoms with van der Waals surface area (Å²) < 4.78 is 10.2. The number of methoxy groups -OCH3 is 2. The van der Waals surface area contributed by atoms with Crippen molar-refractivity contribution in [3.05, 3.63) is 23.9 Å². The summed E-state index contributed by atoms with van der Waals surface area (Å²) >= 11 is 0. The third-order valence-electron chi connectivity index (χ3n) is 2.20. The lowest BCUT2D eigenvalue weighted by atomic mass is 10.2. The van der Waals surface area contributed by atoms with Gasteiger partial charge in [0.1, 0.15) is 11.4 Å². The molecule has 1 aromatic heterocycles. The van der Waals surface area contributed by atoms with Gasteiger partial charge in [-0.3, -0.25) is 0 Å². The third-order valence-corrected chi connectivity index (χ3v) is 2.20. The predicted octanol–water partition coefficient (Wildman–Crippen LogP) is 1.96. The molecule has 1 heterocycles. The maximum Gasteiger partial charge on any atom is 0.235 e. The Morgan fingerprint density at radius 3 is 2.47 bits per heavy atom. The zero-order valence-corrected chi connectivity index (χ0v) is 8.94. The van der Waals surface area contributed by atoms with Gasteiger partial charge in [-0.2, -0.15) is 0 Å². The number of nitrogens with zero attached hydrogens (tertiary/aromatic N) is 2. The van der Waals surface area contributed by atoms with Gasteiger partial charge in [0, 0.05) is 6.07 Å². The van der Waals surface area contributed by atoms with E-state index in [4.69, 9.17) is 9.47 Å². The van der Waals surface area contributed by atoms with Gasteiger partial charge in [-0.15, -0.1) is 0 Å². The molecule has 0 aliphatic rings. The highest BCUT2D eigenvalue weighted by atomic mass is 16.5. The second-order valence-corrected chi connectivity index (χ2v) is 3.17. The molecule has 0 bridgehead atoms.